The number of nitrogens with one attached hydrogen (secondary N) is 2. The quantitative estimate of drug-likeness (QED) is 0.428. The highest BCUT2D eigenvalue weighted by molar-refractivity contribution is 5.91. The average molecular weight is 456 g/mol. The van der Waals surface area contributed by atoms with E-state index in [1.165, 1.54) is 6.08 Å². The Hall–Kier alpha value is -4.39. The molecule has 2 amide bonds. The van der Waals surface area contributed by atoms with Crippen molar-refractivity contribution in [3.8, 4) is 11.1 Å². The van der Waals surface area contributed by atoms with Gasteiger partial charge in [0.15, 0.2) is 0 Å². The fourth-order valence-electron chi connectivity index (χ4n) is 4.04. The van der Waals surface area contributed by atoms with Crippen LogP contribution in [0.3, 0.4) is 0 Å². The fraction of sp³-hybridized carbons (Fsp3) is 0.148. The third-order valence-electron chi connectivity index (χ3n) is 5.55. The Morgan fingerprint density at radius 3 is 2.26 bits per heavy atom. The van der Waals surface area contributed by atoms with Crippen LogP contribution in [0.25, 0.3) is 17.2 Å². The van der Waals surface area contributed by atoms with Crippen molar-refractivity contribution < 1.29 is 24.2 Å². The van der Waals surface area contributed by atoms with Crippen molar-refractivity contribution in [2.45, 2.75) is 12.3 Å². The van der Waals surface area contributed by atoms with Crippen molar-refractivity contribution >= 4 is 29.7 Å². The van der Waals surface area contributed by atoms with Gasteiger partial charge in [0, 0.05) is 30.6 Å². The molecule has 0 fully saturated rings. The van der Waals surface area contributed by atoms with E-state index in [9.17, 15) is 14.4 Å². The zero-order valence-corrected chi connectivity index (χ0v) is 18.4. The molecule has 0 heterocycles. The molecule has 0 aliphatic heterocycles. The van der Waals surface area contributed by atoms with Crippen molar-refractivity contribution in [1.29, 1.82) is 0 Å². The molecule has 3 aromatic carbocycles. The average Bonchev–Trinajstić information content (AvgIpc) is 3.15. The highest BCUT2D eigenvalue weighted by atomic mass is 16.5. The van der Waals surface area contributed by atoms with Crippen LogP contribution in [0.15, 0.2) is 78.9 Å². The predicted octanol–water partition coefficient (Wildman–Crippen LogP) is 4.65. The summed E-state index contributed by atoms with van der Waals surface area (Å²) in [4.78, 5) is 35.0. The summed E-state index contributed by atoms with van der Waals surface area (Å²) in [5, 5.41) is 14.1. The van der Waals surface area contributed by atoms with E-state index in [2.05, 4.69) is 34.9 Å². The molecular weight excluding hydrogens is 432 g/mol. The number of fused-ring (bicyclic) bond motifs is 3. The maximum absolute atomic E-state index is 12.2. The predicted molar refractivity (Wildman–Crippen MR) is 129 cm³/mol. The molecule has 172 valence electrons. The van der Waals surface area contributed by atoms with E-state index in [4.69, 9.17) is 9.84 Å². The maximum Gasteiger partial charge on any atom is 0.407 e. The van der Waals surface area contributed by atoms with Gasteiger partial charge >= 0.3 is 12.1 Å². The molecule has 0 saturated carbocycles. The molecule has 1 aliphatic carbocycles. The van der Waals surface area contributed by atoms with Crippen molar-refractivity contribution in [3.05, 3.63) is 95.6 Å². The van der Waals surface area contributed by atoms with Gasteiger partial charge in [-0.15, -0.1) is 0 Å². The number of rotatable bonds is 8. The van der Waals surface area contributed by atoms with Crippen molar-refractivity contribution in [1.82, 2.24) is 5.32 Å². The highest BCUT2D eigenvalue weighted by Crippen LogP contribution is 2.44. The molecule has 0 radical (unpaired) electrons. The summed E-state index contributed by atoms with van der Waals surface area (Å²) in [7, 11) is 0. The van der Waals surface area contributed by atoms with E-state index in [0.29, 0.717) is 11.3 Å². The molecule has 3 N–H and O–H groups in total. The molecule has 7 nitrogen and oxygen atoms in total. The Labute approximate surface area is 197 Å². The number of carbonyl (C=O) groups excluding carboxylic acids is 2. The lowest BCUT2D eigenvalue weighted by Crippen LogP contribution is -2.29. The molecule has 0 aromatic heterocycles. The number of aliphatic carboxylic acids is 1. The van der Waals surface area contributed by atoms with Gasteiger partial charge in [-0.05, 0) is 46.0 Å². The molecule has 0 spiro atoms. The van der Waals surface area contributed by atoms with Gasteiger partial charge in [-0.2, -0.15) is 0 Å². The van der Waals surface area contributed by atoms with Gasteiger partial charge in [0.2, 0.25) is 5.91 Å². The van der Waals surface area contributed by atoms with E-state index in [1.807, 2.05) is 24.3 Å². The minimum atomic E-state index is -1.05. The molecule has 0 unspecified atom stereocenters. The van der Waals surface area contributed by atoms with Crippen molar-refractivity contribution in [3.63, 3.8) is 0 Å². The lowest BCUT2D eigenvalue weighted by molar-refractivity contribution is -0.131. The van der Waals surface area contributed by atoms with Crippen molar-refractivity contribution in [2.24, 2.45) is 0 Å². The second kappa shape index (κ2) is 10.5. The Morgan fingerprint density at radius 2 is 1.59 bits per heavy atom. The Balaban J connectivity index is 1.24. The summed E-state index contributed by atoms with van der Waals surface area (Å²) >= 11 is 0. The first-order valence-corrected chi connectivity index (χ1v) is 10.9. The normalized spacial score (nSPS) is 12.1. The maximum atomic E-state index is 12.2. The number of hydrogen-bond donors (Lipinski definition) is 3. The minimum Gasteiger partial charge on any atom is -0.478 e. The lowest BCUT2D eigenvalue weighted by atomic mass is 9.98. The van der Waals surface area contributed by atoms with Gasteiger partial charge in [-0.1, -0.05) is 60.7 Å². The Bertz CT molecular complexity index is 1210. The SMILES string of the molecule is O=C(O)/C=C/c1cccc(NC(=O)CCNC(=O)OCC2c3ccccc3-c3ccccc32)c1. The van der Waals surface area contributed by atoms with Crippen LogP contribution in [0.4, 0.5) is 10.5 Å². The van der Waals surface area contributed by atoms with Crippen molar-refractivity contribution in [2.75, 3.05) is 18.5 Å². The molecule has 1 aliphatic rings. The molecule has 0 saturated heterocycles. The van der Waals surface area contributed by atoms with E-state index < -0.39 is 12.1 Å². The van der Waals surface area contributed by atoms with Gasteiger partial charge in [-0.25, -0.2) is 9.59 Å². The van der Waals surface area contributed by atoms with Crippen LogP contribution >= 0.6 is 0 Å². The Kier molecular flexibility index (Phi) is 7.03. The summed E-state index contributed by atoms with van der Waals surface area (Å²) < 4.78 is 5.46. The summed E-state index contributed by atoms with van der Waals surface area (Å²) in [5.74, 6) is -1.35. The molecular formula is C27H24N2O5. The molecule has 3 aromatic rings. The van der Waals surface area contributed by atoms with E-state index in [0.717, 1.165) is 28.3 Å². The van der Waals surface area contributed by atoms with Crippen LogP contribution in [0.5, 0.6) is 0 Å². The molecule has 34 heavy (non-hydrogen) atoms. The van der Waals surface area contributed by atoms with Gasteiger partial charge in [0.25, 0.3) is 0 Å². The van der Waals surface area contributed by atoms with Gasteiger partial charge in [0.1, 0.15) is 6.61 Å². The standard InChI is InChI=1S/C27H24N2O5/c30-25(29-19-7-5-6-18(16-19)12-13-26(31)32)14-15-28-27(33)34-17-24-22-10-3-1-8-20(22)21-9-2-4-11-23(21)24/h1-13,16,24H,14-15,17H2,(H,28,33)(H,29,30)(H,31,32)/b13-12+. The number of hydrogen-bond acceptors (Lipinski definition) is 4. The molecule has 0 atom stereocenters. The number of alkyl carbamates (subject to hydrolysis) is 1. The monoisotopic (exact) mass is 456 g/mol. The number of carboxylic acid groups (broad SMARTS) is 1. The number of ether oxygens (including phenoxy) is 1. The lowest BCUT2D eigenvalue weighted by Gasteiger charge is -2.14. The third-order valence-corrected chi connectivity index (χ3v) is 5.55. The zero-order valence-electron chi connectivity index (χ0n) is 18.4. The number of amides is 2. The van der Waals surface area contributed by atoms with Crippen LogP contribution in [0, 0.1) is 0 Å². The summed E-state index contributed by atoms with van der Waals surface area (Å²) in [5.41, 5.74) is 5.78. The van der Waals surface area contributed by atoms with E-state index in [-0.39, 0.29) is 31.4 Å². The van der Waals surface area contributed by atoms with E-state index in [1.54, 1.807) is 24.3 Å². The highest BCUT2D eigenvalue weighted by Gasteiger charge is 2.28. The smallest absolute Gasteiger partial charge is 0.407 e. The zero-order chi connectivity index (χ0) is 23.9. The van der Waals surface area contributed by atoms with Crippen LogP contribution < -0.4 is 10.6 Å². The van der Waals surface area contributed by atoms with Crippen LogP contribution in [0.2, 0.25) is 0 Å². The second-order valence-electron chi connectivity index (χ2n) is 7.85. The topological polar surface area (TPSA) is 105 Å². The number of carboxylic acids is 1. The number of anilines is 1. The first kappa shape index (κ1) is 22.8. The van der Waals surface area contributed by atoms with Gasteiger partial charge in [0.05, 0.1) is 0 Å². The summed E-state index contributed by atoms with van der Waals surface area (Å²) in [6.45, 7) is 0.337. The second-order valence-corrected chi connectivity index (χ2v) is 7.85. The van der Waals surface area contributed by atoms with Crippen LogP contribution in [-0.4, -0.2) is 36.2 Å². The first-order chi connectivity index (χ1) is 16.5. The number of carbonyl (C=O) groups is 3. The fourth-order valence-corrected chi connectivity index (χ4v) is 4.04. The molecule has 7 heteroatoms. The van der Waals surface area contributed by atoms with E-state index >= 15 is 0 Å². The summed E-state index contributed by atoms with van der Waals surface area (Å²) in [6.07, 6.45) is 1.96. The third kappa shape index (κ3) is 5.50. The summed E-state index contributed by atoms with van der Waals surface area (Å²) in [6, 6.07) is 23.0. The van der Waals surface area contributed by atoms with Crippen LogP contribution in [0.1, 0.15) is 29.0 Å². The molecule has 4 rings (SSSR count). The van der Waals surface area contributed by atoms with Gasteiger partial charge in [-0.3, -0.25) is 4.79 Å². The number of benzene rings is 3. The first-order valence-electron chi connectivity index (χ1n) is 10.9. The molecule has 0 bridgehead atoms. The largest absolute Gasteiger partial charge is 0.478 e. The Morgan fingerprint density at radius 1 is 0.912 bits per heavy atom. The minimum absolute atomic E-state index is 0.0242. The van der Waals surface area contributed by atoms with Gasteiger partial charge < -0.3 is 20.5 Å². The van der Waals surface area contributed by atoms with Crippen LogP contribution in [-0.2, 0) is 14.3 Å².